The maximum absolute atomic E-state index is 12.2. The molecule has 106 valence electrons. The van der Waals surface area contributed by atoms with E-state index >= 15 is 0 Å². The molecule has 0 spiro atoms. The minimum absolute atomic E-state index is 0.132. The molecular weight excluding hydrogens is 260 g/mol. The molecule has 1 aliphatic heterocycles. The van der Waals surface area contributed by atoms with Crippen molar-refractivity contribution in [2.75, 3.05) is 6.54 Å². The van der Waals surface area contributed by atoms with Gasteiger partial charge in [-0.2, -0.15) is 5.10 Å². The summed E-state index contributed by atoms with van der Waals surface area (Å²) in [6.07, 6.45) is 4.55. The first-order valence-electron chi connectivity index (χ1n) is 6.14. The van der Waals surface area contributed by atoms with Gasteiger partial charge in [0.1, 0.15) is 12.1 Å². The SMILES string of the molecule is Cn1nccc1C=CC(=O)N1CC(=O)NC(=O)C1(C)C. The summed E-state index contributed by atoms with van der Waals surface area (Å²) in [4.78, 5) is 36.6. The molecule has 1 aromatic rings. The largest absolute Gasteiger partial charge is 0.316 e. The summed E-state index contributed by atoms with van der Waals surface area (Å²) in [6.45, 7) is 3.07. The molecule has 0 radical (unpaired) electrons. The summed E-state index contributed by atoms with van der Waals surface area (Å²) in [7, 11) is 1.76. The molecule has 0 aliphatic carbocycles. The predicted octanol–water partition coefficient (Wildman–Crippen LogP) is -0.303. The molecule has 0 aromatic carbocycles. The number of carbonyl (C=O) groups excluding carboxylic acids is 3. The van der Waals surface area contributed by atoms with Crippen molar-refractivity contribution in [3.8, 4) is 0 Å². The third-order valence-electron chi connectivity index (χ3n) is 3.31. The van der Waals surface area contributed by atoms with Gasteiger partial charge < -0.3 is 4.90 Å². The van der Waals surface area contributed by atoms with Crippen molar-refractivity contribution in [1.29, 1.82) is 0 Å². The number of nitrogens with zero attached hydrogens (tertiary/aromatic N) is 3. The van der Waals surface area contributed by atoms with Crippen LogP contribution in [0.1, 0.15) is 19.5 Å². The van der Waals surface area contributed by atoms with Crippen molar-refractivity contribution in [1.82, 2.24) is 20.0 Å². The smallest absolute Gasteiger partial charge is 0.252 e. The lowest BCUT2D eigenvalue weighted by atomic mass is 9.98. The lowest BCUT2D eigenvalue weighted by molar-refractivity contribution is -0.153. The van der Waals surface area contributed by atoms with Gasteiger partial charge in [-0.1, -0.05) is 0 Å². The molecule has 1 fully saturated rings. The van der Waals surface area contributed by atoms with Gasteiger partial charge in [0.05, 0.1) is 5.69 Å². The van der Waals surface area contributed by atoms with E-state index in [-0.39, 0.29) is 12.5 Å². The second-order valence-corrected chi connectivity index (χ2v) is 5.07. The molecule has 0 saturated carbocycles. The molecule has 7 heteroatoms. The van der Waals surface area contributed by atoms with Crippen molar-refractivity contribution in [3.05, 3.63) is 24.0 Å². The van der Waals surface area contributed by atoms with E-state index in [0.717, 1.165) is 5.69 Å². The fourth-order valence-corrected chi connectivity index (χ4v) is 1.93. The van der Waals surface area contributed by atoms with Crippen molar-refractivity contribution in [2.45, 2.75) is 19.4 Å². The molecule has 0 atom stereocenters. The van der Waals surface area contributed by atoms with Crippen LogP contribution in [0.2, 0.25) is 0 Å². The Bertz CT molecular complexity index is 601. The number of piperazine rings is 1. The third kappa shape index (κ3) is 2.47. The number of amides is 3. The average molecular weight is 276 g/mol. The zero-order chi connectivity index (χ0) is 14.9. The number of imide groups is 1. The Morgan fingerprint density at radius 2 is 2.15 bits per heavy atom. The van der Waals surface area contributed by atoms with Crippen LogP contribution in [-0.2, 0) is 21.4 Å². The van der Waals surface area contributed by atoms with Crippen molar-refractivity contribution in [2.24, 2.45) is 7.05 Å². The van der Waals surface area contributed by atoms with Crippen LogP contribution >= 0.6 is 0 Å². The number of aromatic nitrogens is 2. The second-order valence-electron chi connectivity index (χ2n) is 5.07. The van der Waals surface area contributed by atoms with Crippen molar-refractivity contribution in [3.63, 3.8) is 0 Å². The molecule has 3 amide bonds. The van der Waals surface area contributed by atoms with Crippen LogP contribution < -0.4 is 5.32 Å². The fraction of sp³-hybridized carbons (Fsp3) is 0.385. The van der Waals surface area contributed by atoms with Crippen LogP contribution in [0.25, 0.3) is 6.08 Å². The van der Waals surface area contributed by atoms with Crippen molar-refractivity contribution < 1.29 is 14.4 Å². The minimum atomic E-state index is -1.05. The first kappa shape index (κ1) is 14.0. The quantitative estimate of drug-likeness (QED) is 0.593. The van der Waals surface area contributed by atoms with Crippen LogP contribution in [0.5, 0.6) is 0 Å². The highest BCUT2D eigenvalue weighted by Gasteiger charge is 2.42. The molecule has 1 saturated heterocycles. The maximum atomic E-state index is 12.2. The minimum Gasteiger partial charge on any atom is -0.316 e. The number of hydrogen-bond donors (Lipinski definition) is 1. The van der Waals surface area contributed by atoms with Gasteiger partial charge in [0.2, 0.25) is 11.8 Å². The van der Waals surface area contributed by atoms with Gasteiger partial charge >= 0.3 is 0 Å². The summed E-state index contributed by atoms with van der Waals surface area (Å²) in [5, 5.41) is 6.21. The molecule has 0 unspecified atom stereocenters. The number of aryl methyl sites for hydroxylation is 1. The standard InChI is InChI=1S/C13H16N4O3/c1-13(2)12(20)15-10(18)8-17(13)11(19)5-4-9-6-7-14-16(9)3/h4-7H,8H2,1-3H3,(H,15,18,20). The topological polar surface area (TPSA) is 84.3 Å². The summed E-state index contributed by atoms with van der Waals surface area (Å²) in [6, 6.07) is 1.75. The Morgan fingerprint density at radius 1 is 1.45 bits per heavy atom. The molecule has 0 bridgehead atoms. The first-order valence-corrected chi connectivity index (χ1v) is 6.14. The Balaban J connectivity index is 2.19. The zero-order valence-electron chi connectivity index (χ0n) is 11.6. The van der Waals surface area contributed by atoms with Gasteiger partial charge in [-0.05, 0) is 26.0 Å². The van der Waals surface area contributed by atoms with E-state index in [1.54, 1.807) is 43.9 Å². The number of nitrogens with one attached hydrogen (secondary N) is 1. The molecule has 20 heavy (non-hydrogen) atoms. The Morgan fingerprint density at radius 3 is 2.75 bits per heavy atom. The Kier molecular flexibility index (Phi) is 3.44. The van der Waals surface area contributed by atoms with E-state index in [0.29, 0.717) is 0 Å². The van der Waals surface area contributed by atoms with Crippen LogP contribution in [0, 0.1) is 0 Å². The average Bonchev–Trinajstić information content (AvgIpc) is 2.77. The number of hydrogen-bond acceptors (Lipinski definition) is 4. The van der Waals surface area contributed by atoms with Gasteiger partial charge in [0.25, 0.3) is 5.91 Å². The second kappa shape index (κ2) is 4.92. The molecule has 2 rings (SSSR count). The molecular formula is C13H16N4O3. The Hall–Kier alpha value is -2.44. The Labute approximate surface area is 116 Å². The van der Waals surface area contributed by atoms with E-state index in [1.807, 2.05) is 0 Å². The van der Waals surface area contributed by atoms with E-state index in [9.17, 15) is 14.4 Å². The van der Waals surface area contributed by atoms with Crippen LogP contribution in [-0.4, -0.2) is 44.5 Å². The van der Waals surface area contributed by atoms with Gasteiger partial charge in [-0.3, -0.25) is 24.4 Å². The van der Waals surface area contributed by atoms with Crippen LogP contribution in [0.15, 0.2) is 18.3 Å². The van der Waals surface area contributed by atoms with Gasteiger partial charge in [0.15, 0.2) is 0 Å². The summed E-state index contributed by atoms with van der Waals surface area (Å²) in [5.74, 6) is -1.34. The summed E-state index contributed by atoms with van der Waals surface area (Å²) >= 11 is 0. The van der Waals surface area contributed by atoms with E-state index < -0.39 is 17.4 Å². The number of carbonyl (C=O) groups is 3. The highest BCUT2D eigenvalue weighted by atomic mass is 16.2. The number of rotatable bonds is 2. The van der Waals surface area contributed by atoms with Gasteiger partial charge in [-0.25, -0.2) is 0 Å². The monoisotopic (exact) mass is 276 g/mol. The van der Waals surface area contributed by atoms with Gasteiger partial charge in [-0.15, -0.1) is 0 Å². The molecule has 1 aromatic heterocycles. The first-order chi connectivity index (χ1) is 9.32. The van der Waals surface area contributed by atoms with Crippen LogP contribution in [0.3, 0.4) is 0 Å². The lowest BCUT2D eigenvalue weighted by Crippen LogP contribution is -2.65. The predicted molar refractivity (Wildman–Crippen MR) is 71.2 cm³/mol. The third-order valence-corrected chi connectivity index (χ3v) is 3.31. The highest BCUT2D eigenvalue weighted by Crippen LogP contribution is 2.18. The van der Waals surface area contributed by atoms with E-state index in [2.05, 4.69) is 10.4 Å². The van der Waals surface area contributed by atoms with E-state index in [1.165, 1.54) is 11.0 Å². The zero-order valence-corrected chi connectivity index (χ0v) is 11.6. The lowest BCUT2D eigenvalue weighted by Gasteiger charge is -2.39. The normalized spacial score (nSPS) is 18.4. The van der Waals surface area contributed by atoms with E-state index in [4.69, 9.17) is 0 Å². The van der Waals surface area contributed by atoms with Crippen LogP contribution in [0.4, 0.5) is 0 Å². The fourth-order valence-electron chi connectivity index (χ4n) is 1.93. The molecule has 1 N–H and O–H groups in total. The molecule has 1 aliphatic rings. The summed E-state index contributed by atoms with van der Waals surface area (Å²) < 4.78 is 1.61. The summed E-state index contributed by atoms with van der Waals surface area (Å²) in [5.41, 5.74) is -0.300. The van der Waals surface area contributed by atoms with Gasteiger partial charge in [0, 0.05) is 19.3 Å². The molecule has 2 heterocycles. The highest BCUT2D eigenvalue weighted by molar-refractivity contribution is 6.08. The maximum Gasteiger partial charge on any atom is 0.252 e. The molecule has 7 nitrogen and oxygen atoms in total. The van der Waals surface area contributed by atoms with Crippen molar-refractivity contribution >= 4 is 23.8 Å².